The standard InChI is InChI=1S/C4H10O.C4H8.CH4/c1-3-4(2)5;1-3-4-2;/h4-5H,3H2,1-2H3;3H,1,4H2,2H3;1H4. The van der Waals surface area contributed by atoms with Gasteiger partial charge in [0.15, 0.2) is 0 Å². The first kappa shape index (κ1) is 16.4. The maximum absolute atomic E-state index is 8.36. The van der Waals surface area contributed by atoms with Crippen molar-refractivity contribution in [1.82, 2.24) is 0 Å². The molecule has 0 aromatic carbocycles. The van der Waals surface area contributed by atoms with E-state index < -0.39 is 0 Å². The molecule has 10 heavy (non-hydrogen) atoms. The fourth-order valence-corrected chi connectivity index (χ4v) is 0. The van der Waals surface area contributed by atoms with Gasteiger partial charge in [0.05, 0.1) is 6.10 Å². The summed E-state index contributed by atoms with van der Waals surface area (Å²) in [6.07, 6.45) is 3.70. The van der Waals surface area contributed by atoms with E-state index in [4.69, 9.17) is 5.11 Å². The summed E-state index contributed by atoms with van der Waals surface area (Å²) in [7, 11) is 0. The van der Waals surface area contributed by atoms with Gasteiger partial charge in [-0.3, -0.25) is 0 Å². The van der Waals surface area contributed by atoms with Crippen molar-refractivity contribution < 1.29 is 5.11 Å². The molecule has 0 bridgehead atoms. The van der Waals surface area contributed by atoms with E-state index in [-0.39, 0.29) is 13.5 Å². The molecule has 0 aromatic heterocycles. The predicted octanol–water partition coefficient (Wildman–Crippen LogP) is 3.00. The predicted molar refractivity (Wildman–Crippen MR) is 49.2 cm³/mol. The quantitative estimate of drug-likeness (QED) is 0.594. The van der Waals surface area contributed by atoms with Crippen LogP contribution in [0, 0.1) is 0 Å². The third-order valence-corrected chi connectivity index (χ3v) is 0.879. The Labute approximate surface area is 65.8 Å². The van der Waals surface area contributed by atoms with Crippen LogP contribution in [-0.4, -0.2) is 11.2 Å². The van der Waals surface area contributed by atoms with E-state index in [2.05, 4.69) is 13.5 Å². The minimum atomic E-state index is -0.116. The lowest BCUT2D eigenvalue weighted by Gasteiger charge is -1.90. The topological polar surface area (TPSA) is 20.2 Å². The zero-order valence-electron chi connectivity index (χ0n) is 6.72. The van der Waals surface area contributed by atoms with Crippen molar-refractivity contribution in [2.75, 3.05) is 0 Å². The summed E-state index contributed by atoms with van der Waals surface area (Å²) in [5.74, 6) is 0. The molecule has 0 spiro atoms. The Hall–Kier alpha value is -0.300. The van der Waals surface area contributed by atoms with Gasteiger partial charge in [-0.05, 0) is 19.8 Å². The summed E-state index contributed by atoms with van der Waals surface area (Å²) >= 11 is 0. The molecule has 1 heteroatoms. The van der Waals surface area contributed by atoms with Crippen molar-refractivity contribution in [2.45, 2.75) is 47.1 Å². The van der Waals surface area contributed by atoms with E-state index in [9.17, 15) is 0 Å². The zero-order valence-corrected chi connectivity index (χ0v) is 6.72. The van der Waals surface area contributed by atoms with Gasteiger partial charge in [-0.1, -0.05) is 27.4 Å². The minimum absolute atomic E-state index is 0. The second kappa shape index (κ2) is 15.9. The lowest BCUT2D eigenvalue weighted by Crippen LogP contribution is -1.93. The van der Waals surface area contributed by atoms with Crippen LogP contribution in [0.3, 0.4) is 0 Å². The molecule has 0 aliphatic rings. The van der Waals surface area contributed by atoms with Gasteiger partial charge in [-0.25, -0.2) is 0 Å². The van der Waals surface area contributed by atoms with Crippen LogP contribution < -0.4 is 0 Å². The molecule has 1 nitrogen and oxygen atoms in total. The Kier molecular flexibility index (Phi) is 26.0. The third kappa shape index (κ3) is 47.4. The monoisotopic (exact) mass is 146 g/mol. The van der Waals surface area contributed by atoms with Crippen molar-refractivity contribution in [3.05, 3.63) is 12.7 Å². The minimum Gasteiger partial charge on any atom is -0.393 e. The Morgan fingerprint density at radius 3 is 1.70 bits per heavy atom. The first-order chi connectivity index (χ1) is 4.18. The van der Waals surface area contributed by atoms with Crippen LogP contribution >= 0.6 is 0 Å². The van der Waals surface area contributed by atoms with Gasteiger partial charge in [0.1, 0.15) is 0 Å². The van der Waals surface area contributed by atoms with Crippen LogP contribution in [0.25, 0.3) is 0 Å². The lowest BCUT2D eigenvalue weighted by molar-refractivity contribution is 0.191. The third-order valence-electron chi connectivity index (χ3n) is 0.879. The molecule has 0 aromatic rings. The molecule has 0 heterocycles. The highest BCUT2D eigenvalue weighted by molar-refractivity contribution is 4.60. The van der Waals surface area contributed by atoms with Gasteiger partial charge in [-0.2, -0.15) is 0 Å². The molecule has 0 aliphatic heterocycles. The fraction of sp³-hybridized carbons (Fsp3) is 0.778. The number of hydrogen-bond acceptors (Lipinski definition) is 1. The highest BCUT2D eigenvalue weighted by Crippen LogP contribution is 1.81. The van der Waals surface area contributed by atoms with Crippen LogP contribution in [0.5, 0.6) is 0 Å². The van der Waals surface area contributed by atoms with Gasteiger partial charge in [0.2, 0.25) is 0 Å². The number of aliphatic hydroxyl groups excluding tert-OH is 1. The summed E-state index contributed by atoms with van der Waals surface area (Å²) in [6.45, 7) is 9.27. The molecular formula is C9H22O. The van der Waals surface area contributed by atoms with Crippen LogP contribution in [0.15, 0.2) is 12.7 Å². The van der Waals surface area contributed by atoms with Crippen molar-refractivity contribution in [3.63, 3.8) is 0 Å². The first-order valence-corrected chi connectivity index (χ1v) is 3.47. The van der Waals surface area contributed by atoms with Gasteiger partial charge in [0, 0.05) is 0 Å². The Morgan fingerprint density at radius 2 is 1.70 bits per heavy atom. The summed E-state index contributed by atoms with van der Waals surface area (Å²) in [6, 6.07) is 0. The number of rotatable bonds is 2. The molecule has 0 aliphatic carbocycles. The average molecular weight is 146 g/mol. The average Bonchev–Trinajstić information content (AvgIpc) is 1.89. The number of aliphatic hydroxyl groups is 1. The molecule has 0 rings (SSSR count). The summed E-state index contributed by atoms with van der Waals surface area (Å²) in [5, 5.41) is 8.36. The second-order valence-corrected chi connectivity index (χ2v) is 1.95. The summed E-state index contributed by atoms with van der Waals surface area (Å²) in [5.41, 5.74) is 0. The Balaban J connectivity index is -0.0000000910. The number of hydrogen-bond donors (Lipinski definition) is 1. The van der Waals surface area contributed by atoms with Crippen LogP contribution in [-0.2, 0) is 0 Å². The Bertz CT molecular complexity index is 48.7. The highest BCUT2D eigenvalue weighted by Gasteiger charge is 1.81. The summed E-state index contributed by atoms with van der Waals surface area (Å²) in [4.78, 5) is 0. The van der Waals surface area contributed by atoms with Crippen molar-refractivity contribution in [1.29, 1.82) is 0 Å². The van der Waals surface area contributed by atoms with Crippen LogP contribution in [0.1, 0.15) is 41.0 Å². The Morgan fingerprint density at radius 1 is 1.50 bits per heavy atom. The molecule has 0 amide bonds. The van der Waals surface area contributed by atoms with Gasteiger partial charge < -0.3 is 5.11 Å². The molecule has 1 unspecified atom stereocenters. The van der Waals surface area contributed by atoms with E-state index in [0.717, 1.165) is 12.8 Å². The fourth-order valence-electron chi connectivity index (χ4n) is 0. The van der Waals surface area contributed by atoms with E-state index in [1.54, 1.807) is 6.92 Å². The van der Waals surface area contributed by atoms with E-state index in [0.29, 0.717) is 0 Å². The first-order valence-electron chi connectivity index (χ1n) is 3.47. The van der Waals surface area contributed by atoms with E-state index in [1.807, 2.05) is 13.0 Å². The van der Waals surface area contributed by atoms with E-state index >= 15 is 0 Å². The van der Waals surface area contributed by atoms with Crippen molar-refractivity contribution in [2.24, 2.45) is 0 Å². The normalized spacial score (nSPS) is 10.0. The highest BCUT2D eigenvalue weighted by atomic mass is 16.3. The molecule has 0 saturated carbocycles. The van der Waals surface area contributed by atoms with Gasteiger partial charge >= 0.3 is 0 Å². The maximum atomic E-state index is 8.36. The maximum Gasteiger partial charge on any atom is 0.0509 e. The molecule has 1 atom stereocenters. The number of allylic oxidation sites excluding steroid dienone is 1. The molecule has 0 radical (unpaired) electrons. The SMILES string of the molecule is C.C=CCC.CCC(C)O. The van der Waals surface area contributed by atoms with Crippen LogP contribution in [0.2, 0.25) is 0 Å². The lowest BCUT2D eigenvalue weighted by atomic mass is 10.3. The van der Waals surface area contributed by atoms with Crippen LogP contribution in [0.4, 0.5) is 0 Å². The van der Waals surface area contributed by atoms with Gasteiger partial charge in [-0.15, -0.1) is 6.58 Å². The molecule has 0 saturated heterocycles. The molecule has 64 valence electrons. The molecular weight excluding hydrogens is 124 g/mol. The molecule has 1 N–H and O–H groups in total. The van der Waals surface area contributed by atoms with E-state index in [1.165, 1.54) is 0 Å². The second-order valence-electron chi connectivity index (χ2n) is 1.95. The van der Waals surface area contributed by atoms with Gasteiger partial charge in [0.25, 0.3) is 0 Å². The smallest absolute Gasteiger partial charge is 0.0509 e. The van der Waals surface area contributed by atoms with Crippen molar-refractivity contribution >= 4 is 0 Å². The molecule has 0 fully saturated rings. The summed E-state index contributed by atoms with van der Waals surface area (Å²) < 4.78 is 0. The largest absolute Gasteiger partial charge is 0.393 e. The zero-order chi connectivity index (χ0) is 7.70. The van der Waals surface area contributed by atoms with Crippen molar-refractivity contribution in [3.8, 4) is 0 Å².